The molecule has 17 heavy (non-hydrogen) atoms. The van der Waals surface area contributed by atoms with E-state index >= 15 is 0 Å². The summed E-state index contributed by atoms with van der Waals surface area (Å²) in [7, 11) is 1.56. The first-order valence-electron chi connectivity index (χ1n) is 5.62. The Labute approximate surface area is 100 Å². The minimum Gasteiger partial charge on any atom is -0.493 e. The predicted molar refractivity (Wildman–Crippen MR) is 62.6 cm³/mol. The van der Waals surface area contributed by atoms with Crippen LogP contribution in [0.5, 0.6) is 17.2 Å². The molecular formula is C12H17NO4. The van der Waals surface area contributed by atoms with E-state index in [0.717, 1.165) is 5.56 Å². The van der Waals surface area contributed by atoms with E-state index in [4.69, 9.17) is 19.9 Å². The van der Waals surface area contributed by atoms with Gasteiger partial charge in [0.05, 0.1) is 13.2 Å². The molecule has 5 nitrogen and oxygen atoms in total. The lowest BCUT2D eigenvalue weighted by Crippen LogP contribution is -2.17. The van der Waals surface area contributed by atoms with Gasteiger partial charge < -0.3 is 25.1 Å². The molecule has 1 aromatic rings. The van der Waals surface area contributed by atoms with Crippen LogP contribution >= 0.6 is 0 Å². The molecule has 1 aromatic carbocycles. The second-order valence-corrected chi connectivity index (χ2v) is 3.84. The third-order valence-corrected chi connectivity index (χ3v) is 2.68. The van der Waals surface area contributed by atoms with Gasteiger partial charge in [0.2, 0.25) is 5.75 Å². The van der Waals surface area contributed by atoms with Crippen molar-refractivity contribution in [1.29, 1.82) is 0 Å². The normalized spacial score (nSPS) is 15.5. The molecule has 1 aliphatic rings. The van der Waals surface area contributed by atoms with E-state index in [9.17, 15) is 5.11 Å². The van der Waals surface area contributed by atoms with Gasteiger partial charge in [0.15, 0.2) is 11.5 Å². The molecule has 1 aliphatic heterocycles. The summed E-state index contributed by atoms with van der Waals surface area (Å²) in [4.78, 5) is 0. The Kier molecular flexibility index (Phi) is 3.71. The fourth-order valence-corrected chi connectivity index (χ4v) is 1.81. The fourth-order valence-electron chi connectivity index (χ4n) is 1.81. The number of methoxy groups -OCH3 is 1. The lowest BCUT2D eigenvalue weighted by molar-refractivity contribution is 0.156. The average molecular weight is 239 g/mol. The van der Waals surface area contributed by atoms with E-state index in [1.165, 1.54) is 0 Å². The van der Waals surface area contributed by atoms with Crippen molar-refractivity contribution in [1.82, 2.24) is 0 Å². The number of benzene rings is 1. The van der Waals surface area contributed by atoms with Gasteiger partial charge in [0, 0.05) is 0 Å². The third kappa shape index (κ3) is 2.45. The Morgan fingerprint density at radius 1 is 1.41 bits per heavy atom. The minimum absolute atomic E-state index is 0.428. The molecule has 5 heteroatoms. The maximum absolute atomic E-state index is 9.91. The Balaban J connectivity index is 2.35. The second kappa shape index (κ2) is 5.25. The molecular weight excluding hydrogens is 222 g/mol. The molecule has 94 valence electrons. The van der Waals surface area contributed by atoms with Gasteiger partial charge >= 0.3 is 0 Å². The first kappa shape index (κ1) is 12.0. The molecule has 0 saturated carbocycles. The lowest BCUT2D eigenvalue weighted by atomic mass is 10.1. The number of aliphatic hydroxyl groups is 1. The number of nitrogens with two attached hydrogens (primary N) is 1. The van der Waals surface area contributed by atoms with Crippen molar-refractivity contribution in [2.24, 2.45) is 5.73 Å². The van der Waals surface area contributed by atoms with Gasteiger partial charge in [0.1, 0.15) is 13.2 Å². The van der Waals surface area contributed by atoms with Crippen LogP contribution in [0.4, 0.5) is 0 Å². The van der Waals surface area contributed by atoms with Gasteiger partial charge in [-0.05, 0) is 30.7 Å². The highest BCUT2D eigenvalue weighted by atomic mass is 16.6. The van der Waals surface area contributed by atoms with E-state index in [0.29, 0.717) is 43.4 Å². The Morgan fingerprint density at radius 2 is 2.18 bits per heavy atom. The summed E-state index contributed by atoms with van der Waals surface area (Å²) in [5, 5.41) is 9.91. The smallest absolute Gasteiger partial charge is 0.203 e. The molecule has 2 rings (SSSR count). The van der Waals surface area contributed by atoms with Crippen LogP contribution in [0.15, 0.2) is 12.1 Å². The highest BCUT2D eigenvalue weighted by molar-refractivity contribution is 5.54. The number of hydrogen-bond acceptors (Lipinski definition) is 5. The van der Waals surface area contributed by atoms with Gasteiger partial charge in [-0.25, -0.2) is 0 Å². The van der Waals surface area contributed by atoms with Crippen molar-refractivity contribution >= 4 is 0 Å². The SMILES string of the molecule is COc1cc([C@H](O)CCN)cc2c1OCCO2. The number of hydrogen-bond donors (Lipinski definition) is 2. The molecule has 0 amide bonds. The van der Waals surface area contributed by atoms with Crippen LogP contribution in [-0.4, -0.2) is 32.0 Å². The van der Waals surface area contributed by atoms with Crippen LogP contribution in [0.25, 0.3) is 0 Å². The van der Waals surface area contributed by atoms with Crippen LogP contribution in [0.1, 0.15) is 18.1 Å². The van der Waals surface area contributed by atoms with Crippen LogP contribution in [0, 0.1) is 0 Å². The Bertz CT molecular complexity index is 377. The van der Waals surface area contributed by atoms with Crippen molar-refractivity contribution in [2.45, 2.75) is 12.5 Å². The summed E-state index contributed by atoms with van der Waals surface area (Å²) >= 11 is 0. The van der Waals surface area contributed by atoms with Crippen molar-refractivity contribution in [3.8, 4) is 17.2 Å². The fraction of sp³-hybridized carbons (Fsp3) is 0.500. The zero-order chi connectivity index (χ0) is 12.3. The average Bonchev–Trinajstić information content (AvgIpc) is 2.37. The van der Waals surface area contributed by atoms with Crippen molar-refractivity contribution < 1.29 is 19.3 Å². The van der Waals surface area contributed by atoms with E-state index < -0.39 is 6.10 Å². The van der Waals surface area contributed by atoms with E-state index in [2.05, 4.69) is 0 Å². The third-order valence-electron chi connectivity index (χ3n) is 2.68. The standard InChI is InChI=1S/C12H17NO4/c1-15-10-6-8(9(14)2-3-13)7-11-12(10)17-5-4-16-11/h6-7,9,14H,2-5,13H2,1H3/t9-/m1/s1. The summed E-state index contributed by atoms with van der Waals surface area (Å²) in [5.74, 6) is 1.79. The van der Waals surface area contributed by atoms with Gasteiger partial charge in [-0.2, -0.15) is 0 Å². The summed E-state index contributed by atoms with van der Waals surface area (Å²) in [5.41, 5.74) is 6.16. The molecule has 0 bridgehead atoms. The number of fused-ring (bicyclic) bond motifs is 1. The number of rotatable bonds is 4. The molecule has 0 spiro atoms. The van der Waals surface area contributed by atoms with Crippen LogP contribution in [0.3, 0.4) is 0 Å². The topological polar surface area (TPSA) is 73.9 Å². The lowest BCUT2D eigenvalue weighted by Gasteiger charge is -2.22. The minimum atomic E-state index is -0.607. The first-order valence-corrected chi connectivity index (χ1v) is 5.62. The van der Waals surface area contributed by atoms with Crippen LogP contribution < -0.4 is 19.9 Å². The predicted octanol–water partition coefficient (Wildman–Crippen LogP) is 0.849. The maximum atomic E-state index is 9.91. The monoisotopic (exact) mass is 239 g/mol. The zero-order valence-corrected chi connectivity index (χ0v) is 9.81. The van der Waals surface area contributed by atoms with Crippen LogP contribution in [-0.2, 0) is 0 Å². The molecule has 0 aliphatic carbocycles. The van der Waals surface area contributed by atoms with E-state index in [1.807, 2.05) is 0 Å². The molecule has 0 aromatic heterocycles. The van der Waals surface area contributed by atoms with Crippen LogP contribution in [0.2, 0.25) is 0 Å². The first-order chi connectivity index (χ1) is 8.26. The molecule has 0 radical (unpaired) electrons. The number of ether oxygens (including phenoxy) is 3. The van der Waals surface area contributed by atoms with Gasteiger partial charge in [-0.1, -0.05) is 0 Å². The Morgan fingerprint density at radius 3 is 2.88 bits per heavy atom. The summed E-state index contributed by atoms with van der Waals surface area (Å²) in [6.07, 6.45) is -0.104. The maximum Gasteiger partial charge on any atom is 0.203 e. The van der Waals surface area contributed by atoms with E-state index in [1.54, 1.807) is 19.2 Å². The molecule has 3 N–H and O–H groups in total. The highest BCUT2D eigenvalue weighted by Gasteiger charge is 2.20. The molecule has 0 unspecified atom stereocenters. The van der Waals surface area contributed by atoms with Gasteiger partial charge in [-0.15, -0.1) is 0 Å². The molecule has 0 saturated heterocycles. The summed E-state index contributed by atoms with van der Waals surface area (Å²) in [6.45, 7) is 1.44. The van der Waals surface area contributed by atoms with Gasteiger partial charge in [0.25, 0.3) is 0 Å². The van der Waals surface area contributed by atoms with Gasteiger partial charge in [-0.3, -0.25) is 0 Å². The highest BCUT2D eigenvalue weighted by Crippen LogP contribution is 2.41. The van der Waals surface area contributed by atoms with E-state index in [-0.39, 0.29) is 0 Å². The Hall–Kier alpha value is -1.46. The largest absolute Gasteiger partial charge is 0.493 e. The second-order valence-electron chi connectivity index (χ2n) is 3.84. The quantitative estimate of drug-likeness (QED) is 0.814. The van der Waals surface area contributed by atoms with Crippen molar-refractivity contribution in [2.75, 3.05) is 26.9 Å². The molecule has 0 fully saturated rings. The number of aliphatic hydroxyl groups excluding tert-OH is 1. The summed E-state index contributed by atoms with van der Waals surface area (Å²) < 4.78 is 16.2. The van der Waals surface area contributed by atoms with Crippen molar-refractivity contribution in [3.05, 3.63) is 17.7 Å². The zero-order valence-electron chi connectivity index (χ0n) is 9.81. The summed E-state index contributed by atoms with van der Waals surface area (Å²) in [6, 6.07) is 3.53. The van der Waals surface area contributed by atoms with Crippen molar-refractivity contribution in [3.63, 3.8) is 0 Å². The molecule has 1 atom stereocenters. The molecule has 1 heterocycles.